The number of amides is 1. The van der Waals surface area contributed by atoms with Gasteiger partial charge in [-0.25, -0.2) is 0 Å². The van der Waals surface area contributed by atoms with Crippen LogP contribution in [-0.2, 0) is 20.5 Å². The lowest BCUT2D eigenvalue weighted by molar-refractivity contribution is -0.121. The van der Waals surface area contributed by atoms with E-state index in [0.29, 0.717) is 16.8 Å². The van der Waals surface area contributed by atoms with Crippen molar-refractivity contribution in [2.24, 2.45) is 5.73 Å². The van der Waals surface area contributed by atoms with E-state index < -0.39 is 16.9 Å². The Kier molecular flexibility index (Phi) is 6.54. The Morgan fingerprint density at radius 1 is 0.622 bits per heavy atom. The van der Waals surface area contributed by atoms with Gasteiger partial charge < -0.3 is 10.5 Å². The van der Waals surface area contributed by atoms with Crippen molar-refractivity contribution >= 4 is 17.4 Å². The maximum absolute atomic E-state index is 15.8. The van der Waals surface area contributed by atoms with Crippen molar-refractivity contribution in [3.8, 4) is 12.1 Å². The normalized spacial score (nSPS) is 17.5. The molecular weight excluding hydrogens is 556 g/mol. The van der Waals surface area contributed by atoms with Crippen molar-refractivity contribution in [1.82, 2.24) is 0 Å². The molecule has 45 heavy (non-hydrogen) atoms. The number of nitrogens with zero attached hydrogens (tertiary/aromatic N) is 3. The molecule has 2 N–H and O–H groups in total. The van der Waals surface area contributed by atoms with Gasteiger partial charge in [-0.3, -0.25) is 9.69 Å². The second-order valence-electron chi connectivity index (χ2n) is 10.9. The minimum atomic E-state index is -1.86. The Morgan fingerprint density at radius 3 is 1.56 bits per heavy atom. The lowest BCUT2D eigenvalue weighted by atomic mass is 9.67. The van der Waals surface area contributed by atoms with Gasteiger partial charge in [0.2, 0.25) is 11.8 Å². The summed E-state index contributed by atoms with van der Waals surface area (Å²) in [7, 11) is 0. The molecule has 0 radical (unpaired) electrons. The number of hydrogen-bond acceptors (Lipinski definition) is 5. The fourth-order valence-electron chi connectivity index (χ4n) is 6.88. The molecule has 0 aromatic heterocycles. The van der Waals surface area contributed by atoms with E-state index in [1.165, 1.54) is 0 Å². The smallest absolute Gasteiger partial charge is 0.249 e. The minimum absolute atomic E-state index is 0.00230. The fraction of sp³-hybridized carbons (Fsp3) is 0.0513. The highest BCUT2D eigenvalue weighted by atomic mass is 16.5. The number of fused-ring (bicyclic) bond motifs is 2. The first-order valence-corrected chi connectivity index (χ1v) is 14.5. The molecule has 2 heterocycles. The van der Waals surface area contributed by atoms with Crippen LogP contribution in [-0.4, -0.2) is 5.91 Å². The van der Waals surface area contributed by atoms with Gasteiger partial charge in [0, 0.05) is 11.1 Å². The third-order valence-corrected chi connectivity index (χ3v) is 8.68. The molecule has 6 heteroatoms. The zero-order valence-electron chi connectivity index (χ0n) is 24.1. The monoisotopic (exact) mass is 582 g/mol. The first-order valence-electron chi connectivity index (χ1n) is 14.5. The van der Waals surface area contributed by atoms with E-state index in [1.54, 1.807) is 23.1 Å². The second kappa shape index (κ2) is 10.7. The van der Waals surface area contributed by atoms with Crippen LogP contribution in [0.2, 0.25) is 0 Å². The Balaban J connectivity index is 1.65. The van der Waals surface area contributed by atoms with Gasteiger partial charge in [0.25, 0.3) is 0 Å². The Bertz CT molecular complexity index is 1980. The summed E-state index contributed by atoms with van der Waals surface area (Å²) >= 11 is 0. The van der Waals surface area contributed by atoms with Crippen LogP contribution >= 0.6 is 0 Å². The number of anilines is 1. The number of nitrogens with two attached hydrogens (primary N) is 1. The van der Waals surface area contributed by atoms with Gasteiger partial charge in [0.05, 0.1) is 11.3 Å². The number of ether oxygens (including phenoxy) is 1. The number of carbonyl (C=O) groups is 1. The number of benzene rings is 5. The average Bonchev–Trinajstić information content (AvgIpc) is 3.35. The quantitative estimate of drug-likeness (QED) is 0.227. The third kappa shape index (κ3) is 3.77. The van der Waals surface area contributed by atoms with Crippen LogP contribution in [0.15, 0.2) is 163 Å². The zero-order valence-corrected chi connectivity index (χ0v) is 24.1. The molecule has 1 spiro atoms. The maximum Gasteiger partial charge on any atom is 0.249 e. The first-order chi connectivity index (χ1) is 22.1. The standard InChI is InChI=1S/C39H26N4O2/c40-25-32-35(27-15-5-1-6-16-27)45-36(42)33(26-41)38(32)31-23-13-14-24-34(31)43(37(38)44)39(28-17-7-2-8-18-28,29-19-9-3-10-20-29)30-21-11-4-12-22-30/h1-24H,42H2/t38-/m0/s1. The molecule has 7 rings (SSSR count). The van der Waals surface area contributed by atoms with Gasteiger partial charge in [-0.1, -0.05) is 140 Å². The van der Waals surface area contributed by atoms with Gasteiger partial charge in [-0.05, 0) is 22.8 Å². The van der Waals surface area contributed by atoms with Crippen LogP contribution in [0.3, 0.4) is 0 Å². The van der Waals surface area contributed by atoms with E-state index in [-0.39, 0.29) is 22.8 Å². The number of hydrogen-bond donors (Lipinski definition) is 1. The topological polar surface area (TPSA) is 103 Å². The number of para-hydroxylation sites is 1. The largest absolute Gasteiger partial charge is 0.439 e. The van der Waals surface area contributed by atoms with Crippen molar-refractivity contribution in [2.75, 3.05) is 4.90 Å². The molecule has 0 unspecified atom stereocenters. The summed E-state index contributed by atoms with van der Waals surface area (Å²) in [4.78, 5) is 17.6. The van der Waals surface area contributed by atoms with Crippen LogP contribution in [0.1, 0.15) is 27.8 Å². The average molecular weight is 583 g/mol. The van der Waals surface area contributed by atoms with E-state index in [4.69, 9.17) is 10.5 Å². The molecule has 2 aliphatic rings. The molecule has 6 nitrogen and oxygen atoms in total. The number of nitriles is 2. The minimum Gasteiger partial charge on any atom is -0.439 e. The van der Waals surface area contributed by atoms with Gasteiger partial charge in [-0.15, -0.1) is 0 Å². The van der Waals surface area contributed by atoms with E-state index in [0.717, 1.165) is 16.7 Å². The summed E-state index contributed by atoms with van der Waals surface area (Å²) in [6.07, 6.45) is 0. The van der Waals surface area contributed by atoms with Crippen molar-refractivity contribution in [1.29, 1.82) is 10.5 Å². The molecule has 1 atom stereocenters. The number of carbonyl (C=O) groups excluding carboxylic acids is 1. The predicted octanol–water partition coefficient (Wildman–Crippen LogP) is 6.92. The first kappa shape index (κ1) is 27.5. The van der Waals surface area contributed by atoms with Crippen molar-refractivity contribution in [2.45, 2.75) is 11.0 Å². The Labute approximate surface area is 261 Å². The summed E-state index contributed by atoms with van der Waals surface area (Å²) in [5.41, 5.74) is 7.42. The van der Waals surface area contributed by atoms with Crippen LogP contribution in [0.5, 0.6) is 0 Å². The molecule has 0 bridgehead atoms. The molecule has 0 saturated carbocycles. The molecule has 214 valence electrons. The summed E-state index contributed by atoms with van der Waals surface area (Å²) in [5.74, 6) is -0.553. The van der Waals surface area contributed by atoms with Crippen LogP contribution in [0, 0.1) is 22.7 Å². The highest BCUT2D eigenvalue weighted by Gasteiger charge is 2.64. The molecule has 5 aromatic carbocycles. The van der Waals surface area contributed by atoms with Gasteiger partial charge in [0.15, 0.2) is 11.2 Å². The highest BCUT2D eigenvalue weighted by Crippen LogP contribution is 2.59. The molecule has 5 aromatic rings. The maximum atomic E-state index is 15.8. The Hall–Kier alpha value is -6.37. The summed E-state index contributed by atoms with van der Waals surface area (Å²) < 4.78 is 6.03. The molecular formula is C39H26N4O2. The molecule has 1 amide bonds. The molecule has 0 aliphatic carbocycles. The summed E-state index contributed by atoms with van der Waals surface area (Å²) in [6.45, 7) is 0. The van der Waals surface area contributed by atoms with Crippen molar-refractivity contribution in [3.05, 3.63) is 190 Å². The van der Waals surface area contributed by atoms with E-state index in [2.05, 4.69) is 12.1 Å². The van der Waals surface area contributed by atoms with Crippen LogP contribution < -0.4 is 10.6 Å². The second-order valence-corrected chi connectivity index (χ2v) is 10.9. The summed E-state index contributed by atoms with van der Waals surface area (Å²) in [5, 5.41) is 21.6. The van der Waals surface area contributed by atoms with Gasteiger partial charge in [-0.2, -0.15) is 10.5 Å². The van der Waals surface area contributed by atoms with Crippen LogP contribution in [0.25, 0.3) is 5.76 Å². The van der Waals surface area contributed by atoms with E-state index in [1.807, 2.05) is 127 Å². The Morgan fingerprint density at radius 2 is 1.07 bits per heavy atom. The lowest BCUT2D eigenvalue weighted by Crippen LogP contribution is -2.55. The fourth-order valence-corrected chi connectivity index (χ4v) is 6.88. The highest BCUT2D eigenvalue weighted by molar-refractivity contribution is 6.17. The SMILES string of the molecule is N#CC1=C(N)OC(c2ccccc2)=C(C#N)[C@]12C(=O)N(C(c1ccccc1)(c1ccccc1)c1ccccc1)c1ccccc12. The third-order valence-electron chi connectivity index (χ3n) is 8.68. The molecule has 2 aliphatic heterocycles. The summed E-state index contributed by atoms with van der Waals surface area (Å²) in [6, 6.07) is 50.3. The lowest BCUT2D eigenvalue weighted by Gasteiger charge is -2.45. The molecule has 0 fully saturated rings. The predicted molar refractivity (Wildman–Crippen MR) is 172 cm³/mol. The molecule has 0 saturated heterocycles. The zero-order chi connectivity index (χ0) is 31.0. The van der Waals surface area contributed by atoms with Crippen LogP contribution in [0.4, 0.5) is 5.69 Å². The van der Waals surface area contributed by atoms with Crippen molar-refractivity contribution in [3.63, 3.8) is 0 Å². The number of rotatable bonds is 5. The van der Waals surface area contributed by atoms with Gasteiger partial charge >= 0.3 is 0 Å². The van der Waals surface area contributed by atoms with Crippen molar-refractivity contribution < 1.29 is 9.53 Å². The van der Waals surface area contributed by atoms with E-state index in [9.17, 15) is 10.5 Å². The van der Waals surface area contributed by atoms with E-state index >= 15 is 4.79 Å². The van der Waals surface area contributed by atoms with Gasteiger partial charge in [0.1, 0.15) is 23.3 Å².